The molecule has 8 heteroatoms. The molecule has 0 spiro atoms. The van der Waals surface area contributed by atoms with E-state index >= 15 is 0 Å². The molecule has 0 saturated heterocycles. The molecule has 0 unspecified atom stereocenters. The number of para-hydroxylation sites is 1. The Morgan fingerprint density at radius 1 is 0.750 bits per heavy atom. The summed E-state index contributed by atoms with van der Waals surface area (Å²) in [5.74, 6) is -0.196. The summed E-state index contributed by atoms with van der Waals surface area (Å²) in [6.07, 6.45) is 1.71. The van der Waals surface area contributed by atoms with Crippen LogP contribution in [0.2, 0.25) is 0 Å². The van der Waals surface area contributed by atoms with E-state index in [0.717, 1.165) is 33.7 Å². The van der Waals surface area contributed by atoms with Crippen LogP contribution in [0, 0.1) is 0 Å². The van der Waals surface area contributed by atoms with Gasteiger partial charge in [-0.1, -0.05) is 29.4 Å². The summed E-state index contributed by atoms with van der Waals surface area (Å²) in [7, 11) is 0. The Labute approximate surface area is 207 Å². The molecular weight excluding hydrogens is 450 g/mol. The lowest BCUT2D eigenvalue weighted by molar-refractivity contribution is 0.102. The molecule has 0 atom stereocenters. The molecule has 0 aliphatic carbocycles. The van der Waals surface area contributed by atoms with Crippen LogP contribution >= 0.6 is 0 Å². The van der Waals surface area contributed by atoms with Crippen molar-refractivity contribution in [2.75, 3.05) is 16.0 Å². The van der Waals surface area contributed by atoms with Crippen LogP contribution in [0.1, 0.15) is 10.4 Å². The molecule has 36 heavy (non-hydrogen) atoms. The van der Waals surface area contributed by atoms with Crippen molar-refractivity contribution < 1.29 is 4.79 Å². The molecule has 1 heterocycles. The first-order chi connectivity index (χ1) is 17.7. The van der Waals surface area contributed by atoms with Gasteiger partial charge in [0.25, 0.3) is 5.91 Å². The van der Waals surface area contributed by atoms with Gasteiger partial charge >= 0.3 is 0 Å². The highest BCUT2D eigenvalue weighted by molar-refractivity contribution is 6.04. The number of rotatable bonds is 7. The molecule has 3 N–H and O–H groups in total. The minimum Gasteiger partial charge on any atom is -0.356 e. The second kappa shape index (κ2) is 10.3. The van der Waals surface area contributed by atoms with Gasteiger partial charge in [-0.15, -0.1) is 0 Å². The minimum absolute atomic E-state index is 0.196. The number of carbonyl (C=O) groups excluding carboxylic acids is 1. The summed E-state index contributed by atoms with van der Waals surface area (Å²) in [6, 6.07) is 31.8. The number of hydrogen-bond donors (Lipinski definition) is 3. The smallest absolute Gasteiger partial charge is 0.255 e. The van der Waals surface area contributed by atoms with E-state index < -0.39 is 0 Å². The van der Waals surface area contributed by atoms with Crippen molar-refractivity contribution in [2.24, 2.45) is 5.11 Å². The number of anilines is 5. The molecule has 1 aromatic heterocycles. The van der Waals surface area contributed by atoms with Gasteiger partial charge in [-0.05, 0) is 84.4 Å². The third kappa shape index (κ3) is 5.25. The second-order valence-corrected chi connectivity index (χ2v) is 7.97. The number of amides is 1. The van der Waals surface area contributed by atoms with Crippen molar-refractivity contribution in [1.82, 2.24) is 4.98 Å². The van der Waals surface area contributed by atoms with Crippen molar-refractivity contribution >= 4 is 50.9 Å². The number of nitrogens with one attached hydrogen (secondary N) is 3. The Morgan fingerprint density at radius 3 is 2.17 bits per heavy atom. The van der Waals surface area contributed by atoms with Gasteiger partial charge in [-0.2, -0.15) is 0 Å². The number of benzene rings is 4. The summed E-state index contributed by atoms with van der Waals surface area (Å²) in [5.41, 5.74) is 14.8. The molecule has 5 aromatic rings. The van der Waals surface area contributed by atoms with Crippen LogP contribution in [0.25, 0.3) is 21.3 Å². The molecular formula is C28H21N7O. The number of pyridine rings is 1. The van der Waals surface area contributed by atoms with Crippen LogP contribution in [-0.4, -0.2) is 10.9 Å². The van der Waals surface area contributed by atoms with Crippen LogP contribution in [0.5, 0.6) is 0 Å². The zero-order valence-electron chi connectivity index (χ0n) is 19.1. The van der Waals surface area contributed by atoms with Crippen LogP contribution in [0.3, 0.4) is 0 Å². The van der Waals surface area contributed by atoms with E-state index in [1.54, 1.807) is 30.5 Å². The fourth-order valence-electron chi connectivity index (χ4n) is 3.75. The lowest BCUT2D eigenvalue weighted by Gasteiger charge is -2.11. The van der Waals surface area contributed by atoms with E-state index in [1.807, 2.05) is 78.9 Å². The average molecular weight is 472 g/mol. The number of carbonyl (C=O) groups is 1. The van der Waals surface area contributed by atoms with Gasteiger partial charge in [0.2, 0.25) is 0 Å². The van der Waals surface area contributed by atoms with E-state index in [1.165, 1.54) is 0 Å². The summed E-state index contributed by atoms with van der Waals surface area (Å²) in [4.78, 5) is 19.9. The predicted octanol–water partition coefficient (Wildman–Crippen LogP) is 7.92. The summed E-state index contributed by atoms with van der Waals surface area (Å²) in [6.45, 7) is 0. The van der Waals surface area contributed by atoms with Crippen molar-refractivity contribution in [3.8, 4) is 0 Å². The Hall–Kier alpha value is -5.33. The van der Waals surface area contributed by atoms with E-state index in [2.05, 4.69) is 31.0 Å². The zero-order chi connectivity index (χ0) is 24.7. The fraction of sp³-hybridized carbons (Fsp3) is 0. The molecule has 0 aliphatic rings. The first-order valence-electron chi connectivity index (χ1n) is 11.2. The summed E-state index contributed by atoms with van der Waals surface area (Å²) < 4.78 is 0. The quantitative estimate of drug-likeness (QED) is 0.127. The van der Waals surface area contributed by atoms with E-state index in [-0.39, 0.29) is 5.91 Å². The number of fused-ring (bicyclic) bond motifs is 1. The largest absolute Gasteiger partial charge is 0.356 e. The second-order valence-electron chi connectivity index (χ2n) is 7.97. The molecule has 4 aromatic carbocycles. The highest BCUT2D eigenvalue weighted by Gasteiger charge is 2.08. The van der Waals surface area contributed by atoms with Gasteiger partial charge < -0.3 is 16.0 Å². The Bertz CT molecular complexity index is 1560. The van der Waals surface area contributed by atoms with Gasteiger partial charge in [0.05, 0.1) is 5.52 Å². The van der Waals surface area contributed by atoms with Crippen LogP contribution in [0.4, 0.5) is 34.1 Å². The Morgan fingerprint density at radius 2 is 1.42 bits per heavy atom. The van der Waals surface area contributed by atoms with E-state index in [9.17, 15) is 4.79 Å². The molecule has 8 nitrogen and oxygen atoms in total. The molecule has 0 saturated carbocycles. The highest BCUT2D eigenvalue weighted by atomic mass is 16.1. The maximum absolute atomic E-state index is 12.7. The van der Waals surface area contributed by atoms with Gasteiger partial charge in [0.15, 0.2) is 0 Å². The first-order valence-corrected chi connectivity index (χ1v) is 11.2. The lowest BCUT2D eigenvalue weighted by Crippen LogP contribution is -2.11. The van der Waals surface area contributed by atoms with Crippen molar-refractivity contribution in [2.45, 2.75) is 0 Å². The minimum atomic E-state index is -0.196. The standard InChI is InChI=1S/C28H21N7O/c29-35-34-24-14-15-26-25(18-24)27(16-17-30-26)32-22-8-6-19(7-9-22)28(36)33-23-12-10-21(11-13-23)31-20-4-2-1-3-5-20/h1-18,31H,(H,30,32)(H,33,36). The topological polar surface area (TPSA) is 115 Å². The fourth-order valence-corrected chi connectivity index (χ4v) is 3.75. The number of hydrogen-bond acceptors (Lipinski definition) is 5. The molecule has 5 rings (SSSR count). The Kier molecular flexibility index (Phi) is 6.42. The van der Waals surface area contributed by atoms with E-state index in [4.69, 9.17) is 5.53 Å². The molecule has 0 aliphatic heterocycles. The molecule has 0 fully saturated rings. The zero-order valence-corrected chi connectivity index (χ0v) is 19.1. The SMILES string of the molecule is [N-]=[N+]=Nc1ccc2nccc(Nc3ccc(C(=O)Nc4ccc(Nc5ccccc5)cc4)cc3)c2c1. The van der Waals surface area contributed by atoms with Gasteiger partial charge in [0.1, 0.15) is 0 Å². The number of azide groups is 1. The molecule has 0 radical (unpaired) electrons. The average Bonchev–Trinajstić information content (AvgIpc) is 2.91. The van der Waals surface area contributed by atoms with Crippen molar-refractivity contribution in [3.05, 3.63) is 125 Å². The first kappa shape index (κ1) is 22.5. The van der Waals surface area contributed by atoms with Crippen molar-refractivity contribution in [1.29, 1.82) is 0 Å². The van der Waals surface area contributed by atoms with Gasteiger partial charge in [-0.3, -0.25) is 9.78 Å². The van der Waals surface area contributed by atoms with Crippen LogP contribution < -0.4 is 16.0 Å². The van der Waals surface area contributed by atoms with Crippen LogP contribution in [-0.2, 0) is 0 Å². The van der Waals surface area contributed by atoms with Gasteiger partial charge in [0, 0.05) is 56.2 Å². The number of aromatic nitrogens is 1. The lowest BCUT2D eigenvalue weighted by atomic mass is 10.1. The Balaban J connectivity index is 1.25. The normalized spacial score (nSPS) is 10.3. The molecule has 174 valence electrons. The van der Waals surface area contributed by atoms with Gasteiger partial charge in [-0.25, -0.2) is 0 Å². The highest BCUT2D eigenvalue weighted by Crippen LogP contribution is 2.29. The van der Waals surface area contributed by atoms with E-state index in [0.29, 0.717) is 16.9 Å². The summed E-state index contributed by atoms with van der Waals surface area (Å²) in [5, 5.41) is 14.1. The van der Waals surface area contributed by atoms with Crippen molar-refractivity contribution in [3.63, 3.8) is 0 Å². The summed E-state index contributed by atoms with van der Waals surface area (Å²) >= 11 is 0. The molecule has 0 bridgehead atoms. The third-order valence-corrected chi connectivity index (χ3v) is 5.52. The maximum Gasteiger partial charge on any atom is 0.255 e. The third-order valence-electron chi connectivity index (χ3n) is 5.52. The number of nitrogens with zero attached hydrogens (tertiary/aromatic N) is 4. The monoisotopic (exact) mass is 471 g/mol. The molecule has 1 amide bonds. The van der Waals surface area contributed by atoms with Crippen LogP contribution in [0.15, 0.2) is 114 Å². The maximum atomic E-state index is 12.7. The predicted molar refractivity (Wildman–Crippen MR) is 144 cm³/mol.